The highest BCUT2D eigenvalue weighted by atomic mass is 16.5. The number of methoxy groups -OCH3 is 1. The number of pyridine rings is 1. The number of benzene rings is 2. The number of amides is 2. The van der Waals surface area contributed by atoms with E-state index in [1.165, 1.54) is 11.1 Å². The van der Waals surface area contributed by atoms with Crippen LogP contribution in [0.1, 0.15) is 33.6 Å². The van der Waals surface area contributed by atoms with E-state index in [-0.39, 0.29) is 35.5 Å². The van der Waals surface area contributed by atoms with Gasteiger partial charge in [0.25, 0.3) is 17.4 Å². The van der Waals surface area contributed by atoms with Gasteiger partial charge in [-0.1, -0.05) is 0 Å². The number of imide groups is 1. The minimum Gasteiger partial charge on any atom is -0.497 e. The van der Waals surface area contributed by atoms with Crippen LogP contribution in [0.15, 0.2) is 59.7 Å². The summed E-state index contributed by atoms with van der Waals surface area (Å²) in [5.41, 5.74) is 3.06. The highest BCUT2D eigenvalue weighted by Gasteiger charge is 2.41. The molecule has 3 aromatic heterocycles. The predicted molar refractivity (Wildman–Crippen MR) is 166 cm³/mol. The van der Waals surface area contributed by atoms with Crippen molar-refractivity contribution in [2.24, 2.45) is 0 Å². The van der Waals surface area contributed by atoms with Crippen LogP contribution >= 0.6 is 0 Å². The van der Waals surface area contributed by atoms with Crippen molar-refractivity contribution in [2.45, 2.75) is 31.5 Å². The number of nitrogens with one attached hydrogen (secondary N) is 3. The Bertz CT molecular complexity index is 1910. The maximum Gasteiger partial charge on any atom is 0.261 e. The zero-order valence-electron chi connectivity index (χ0n) is 24.5. The lowest BCUT2D eigenvalue weighted by Crippen LogP contribution is -2.46. The predicted octanol–water partition coefficient (Wildman–Crippen LogP) is 3.04. The number of hydrogen-bond acceptors (Lipinski definition) is 8. The summed E-state index contributed by atoms with van der Waals surface area (Å²) in [5, 5.41) is 15.1. The zero-order chi connectivity index (χ0) is 30.5. The molecule has 0 unspecified atom stereocenters. The molecule has 226 valence electrons. The van der Waals surface area contributed by atoms with Gasteiger partial charge in [0.2, 0.25) is 0 Å². The standard InChI is InChI=1S/C32H33N7O5/c1-37-10-7-19(8-11-37)39-31(42)22-14-25-26(15-23(22)32(39)43)36-29(35-25)28-24(5-9-33-30(28)41)34-16-20(40)17-38-12-6-18-13-21(44-2)3-4-27(18)38/h3-6,9,12-15,19-20,40H,7-8,10-11,16-17H2,1-2H3,(H,35,36)(H2,33,34,41)/t20-/m1/s1. The van der Waals surface area contributed by atoms with Crippen LogP contribution < -0.4 is 15.6 Å². The molecule has 44 heavy (non-hydrogen) atoms. The number of carbonyl (C=O) groups is 2. The molecule has 0 aliphatic carbocycles. The number of imidazole rings is 1. The van der Waals surface area contributed by atoms with Gasteiger partial charge < -0.3 is 34.6 Å². The Morgan fingerprint density at radius 2 is 1.84 bits per heavy atom. The molecule has 0 saturated carbocycles. The maximum atomic E-state index is 13.3. The molecule has 1 saturated heterocycles. The fourth-order valence-corrected chi connectivity index (χ4v) is 6.31. The number of carbonyl (C=O) groups excluding carboxylic acids is 2. The van der Waals surface area contributed by atoms with Gasteiger partial charge in [0.05, 0.1) is 47.6 Å². The van der Waals surface area contributed by atoms with Crippen molar-refractivity contribution in [1.29, 1.82) is 0 Å². The van der Waals surface area contributed by atoms with E-state index >= 15 is 0 Å². The summed E-state index contributed by atoms with van der Waals surface area (Å²) in [4.78, 5) is 53.8. The van der Waals surface area contributed by atoms with Gasteiger partial charge in [-0.05, 0) is 75.4 Å². The average Bonchev–Trinajstić information content (AvgIpc) is 3.69. The molecule has 0 bridgehead atoms. The van der Waals surface area contributed by atoms with E-state index in [9.17, 15) is 19.5 Å². The van der Waals surface area contributed by atoms with Crippen molar-refractivity contribution in [2.75, 3.05) is 39.1 Å². The molecular weight excluding hydrogens is 562 g/mol. The van der Waals surface area contributed by atoms with Crippen LogP contribution in [0.4, 0.5) is 5.69 Å². The van der Waals surface area contributed by atoms with Crippen LogP contribution in [-0.2, 0) is 6.54 Å². The molecular formula is C32H33N7O5. The normalized spacial score (nSPS) is 16.7. The van der Waals surface area contributed by atoms with Gasteiger partial charge in [0.15, 0.2) is 0 Å². The topological polar surface area (TPSA) is 149 Å². The molecule has 5 heterocycles. The summed E-state index contributed by atoms with van der Waals surface area (Å²) in [6.45, 7) is 2.19. The first-order chi connectivity index (χ1) is 21.3. The minimum atomic E-state index is -0.761. The number of fused-ring (bicyclic) bond motifs is 3. The van der Waals surface area contributed by atoms with Crippen molar-refractivity contribution in [1.82, 2.24) is 29.3 Å². The molecule has 5 aromatic rings. The second-order valence-corrected chi connectivity index (χ2v) is 11.5. The minimum absolute atomic E-state index is 0.118. The third-order valence-corrected chi connectivity index (χ3v) is 8.68. The van der Waals surface area contributed by atoms with Crippen molar-refractivity contribution in [3.05, 3.63) is 76.3 Å². The number of rotatable bonds is 8. The second-order valence-electron chi connectivity index (χ2n) is 11.5. The van der Waals surface area contributed by atoms with Crippen LogP contribution in [-0.4, -0.2) is 92.2 Å². The summed E-state index contributed by atoms with van der Waals surface area (Å²) in [7, 11) is 3.66. The van der Waals surface area contributed by atoms with E-state index in [1.807, 2.05) is 42.1 Å². The molecule has 12 nitrogen and oxygen atoms in total. The quantitative estimate of drug-likeness (QED) is 0.200. The van der Waals surface area contributed by atoms with E-state index in [4.69, 9.17) is 4.74 Å². The summed E-state index contributed by atoms with van der Waals surface area (Å²) >= 11 is 0. The van der Waals surface area contributed by atoms with Crippen LogP contribution in [0.2, 0.25) is 0 Å². The Hall–Kier alpha value is -4.94. The molecule has 0 spiro atoms. The van der Waals surface area contributed by atoms with E-state index in [0.717, 1.165) is 42.6 Å². The summed E-state index contributed by atoms with van der Waals surface area (Å²) in [6.07, 6.45) is 4.18. The number of aliphatic hydroxyl groups is 1. The molecule has 2 aromatic carbocycles. The van der Waals surface area contributed by atoms with Gasteiger partial charge in [-0.3, -0.25) is 19.3 Å². The molecule has 4 N–H and O–H groups in total. The van der Waals surface area contributed by atoms with Gasteiger partial charge in [0.1, 0.15) is 17.1 Å². The maximum absolute atomic E-state index is 13.3. The highest BCUT2D eigenvalue weighted by Crippen LogP contribution is 2.33. The second kappa shape index (κ2) is 11.0. The number of aromatic nitrogens is 4. The van der Waals surface area contributed by atoms with Crippen molar-refractivity contribution in [3.8, 4) is 17.1 Å². The lowest BCUT2D eigenvalue weighted by molar-refractivity contribution is 0.0516. The van der Waals surface area contributed by atoms with Crippen LogP contribution in [0, 0.1) is 0 Å². The molecule has 2 aliphatic heterocycles. The Labute approximate surface area is 252 Å². The Kier molecular flexibility index (Phi) is 6.94. The number of aliphatic hydroxyl groups excluding tert-OH is 1. The first-order valence-corrected chi connectivity index (χ1v) is 14.7. The molecule has 12 heteroatoms. The molecule has 0 radical (unpaired) electrons. The molecule has 7 rings (SSSR count). The van der Waals surface area contributed by atoms with Gasteiger partial charge in [-0.2, -0.15) is 0 Å². The fourth-order valence-electron chi connectivity index (χ4n) is 6.31. The van der Waals surface area contributed by atoms with Gasteiger partial charge in [0, 0.05) is 35.9 Å². The van der Waals surface area contributed by atoms with Crippen LogP contribution in [0.25, 0.3) is 33.3 Å². The number of H-pyrrole nitrogens is 2. The summed E-state index contributed by atoms with van der Waals surface area (Å²) < 4.78 is 7.27. The number of nitrogens with zero attached hydrogens (tertiary/aromatic N) is 4. The monoisotopic (exact) mass is 595 g/mol. The van der Waals surface area contributed by atoms with Crippen molar-refractivity contribution in [3.63, 3.8) is 0 Å². The lowest BCUT2D eigenvalue weighted by atomic mass is 10.0. The number of piperidine rings is 1. The molecule has 1 atom stereocenters. The Morgan fingerprint density at radius 3 is 2.61 bits per heavy atom. The number of aromatic amines is 2. The number of anilines is 1. The third kappa shape index (κ3) is 4.81. The first-order valence-electron chi connectivity index (χ1n) is 14.7. The van der Waals surface area contributed by atoms with E-state index in [0.29, 0.717) is 40.2 Å². The lowest BCUT2D eigenvalue weighted by Gasteiger charge is -2.33. The van der Waals surface area contributed by atoms with Crippen molar-refractivity contribution < 1.29 is 19.4 Å². The largest absolute Gasteiger partial charge is 0.497 e. The van der Waals surface area contributed by atoms with E-state index < -0.39 is 6.10 Å². The average molecular weight is 596 g/mol. The molecule has 2 amide bonds. The van der Waals surface area contributed by atoms with Crippen LogP contribution in [0.3, 0.4) is 0 Å². The highest BCUT2D eigenvalue weighted by molar-refractivity contribution is 6.23. The Balaban J connectivity index is 1.11. The third-order valence-electron chi connectivity index (χ3n) is 8.68. The number of ether oxygens (including phenoxy) is 1. The number of hydrogen-bond donors (Lipinski definition) is 4. The van der Waals surface area contributed by atoms with E-state index in [2.05, 4.69) is 25.2 Å². The summed E-state index contributed by atoms with van der Waals surface area (Å²) in [6, 6.07) is 12.6. The SMILES string of the molecule is COc1ccc2c(ccn2C[C@H](O)CNc2cc[nH]c(=O)c2-c2nc3cc4c(cc3[nH]2)C(=O)N(C2CCN(C)CC2)C4=O)c1. The van der Waals surface area contributed by atoms with Gasteiger partial charge >= 0.3 is 0 Å². The Morgan fingerprint density at radius 1 is 1.07 bits per heavy atom. The molecule has 1 fully saturated rings. The zero-order valence-corrected chi connectivity index (χ0v) is 24.5. The molecule has 2 aliphatic rings. The van der Waals surface area contributed by atoms with E-state index in [1.54, 1.807) is 25.3 Å². The fraction of sp³-hybridized carbons (Fsp3) is 0.312. The number of likely N-dealkylation sites (tertiary alicyclic amines) is 1. The van der Waals surface area contributed by atoms with Crippen LogP contribution in [0.5, 0.6) is 5.75 Å². The van der Waals surface area contributed by atoms with Crippen molar-refractivity contribution >= 4 is 39.4 Å². The smallest absolute Gasteiger partial charge is 0.261 e. The van der Waals surface area contributed by atoms with Gasteiger partial charge in [-0.25, -0.2) is 4.98 Å². The van der Waals surface area contributed by atoms with Gasteiger partial charge in [-0.15, -0.1) is 0 Å². The first kappa shape index (κ1) is 27.9. The summed E-state index contributed by atoms with van der Waals surface area (Å²) in [5.74, 6) is 0.470.